The van der Waals surface area contributed by atoms with E-state index >= 15 is 0 Å². The molecule has 0 amide bonds. The number of ether oxygens (including phenoxy) is 2. The van der Waals surface area contributed by atoms with Crippen molar-refractivity contribution in [2.45, 2.75) is 42.3 Å². The first-order chi connectivity index (χ1) is 17.4. The summed E-state index contributed by atoms with van der Waals surface area (Å²) in [5, 5.41) is 10.5. The SMILES string of the molecule is N#Cc1cc(S(=O)(=O)Nc2ncns2)ccc1OC1=CC=C(Cl)CC1(OC1CCC1)c1ccncc1. The van der Waals surface area contributed by atoms with Crippen LogP contribution in [0.3, 0.4) is 0 Å². The molecule has 1 unspecified atom stereocenters. The van der Waals surface area contributed by atoms with E-state index in [1.807, 2.05) is 18.2 Å². The molecule has 2 aliphatic rings. The van der Waals surface area contributed by atoms with Gasteiger partial charge in [0.1, 0.15) is 23.9 Å². The Morgan fingerprint density at radius 1 is 1.19 bits per heavy atom. The largest absolute Gasteiger partial charge is 0.457 e. The second-order valence-electron chi connectivity index (χ2n) is 8.28. The van der Waals surface area contributed by atoms with Crippen LogP contribution in [0.5, 0.6) is 5.75 Å². The zero-order valence-corrected chi connectivity index (χ0v) is 21.2. The quantitative estimate of drug-likeness (QED) is 0.428. The Labute approximate surface area is 217 Å². The van der Waals surface area contributed by atoms with Gasteiger partial charge in [-0.3, -0.25) is 9.71 Å². The summed E-state index contributed by atoms with van der Waals surface area (Å²) in [6.07, 6.45) is 11.4. The predicted molar refractivity (Wildman–Crippen MR) is 134 cm³/mol. The highest BCUT2D eigenvalue weighted by atomic mass is 35.5. The van der Waals surface area contributed by atoms with Crippen LogP contribution in [0.15, 0.2) is 76.9 Å². The van der Waals surface area contributed by atoms with E-state index in [-0.39, 0.29) is 27.4 Å². The first-order valence-electron chi connectivity index (χ1n) is 11.1. The lowest BCUT2D eigenvalue weighted by Gasteiger charge is -2.42. The van der Waals surface area contributed by atoms with Gasteiger partial charge in [0.2, 0.25) is 5.13 Å². The summed E-state index contributed by atoms with van der Waals surface area (Å²) in [6, 6.07) is 9.82. The van der Waals surface area contributed by atoms with Crippen molar-refractivity contribution >= 4 is 38.3 Å². The van der Waals surface area contributed by atoms with Crippen molar-refractivity contribution in [1.82, 2.24) is 14.3 Å². The molecule has 1 saturated carbocycles. The Morgan fingerprint density at radius 3 is 2.67 bits per heavy atom. The minimum absolute atomic E-state index is 0.0436. The van der Waals surface area contributed by atoms with E-state index in [1.165, 1.54) is 24.5 Å². The molecule has 0 bridgehead atoms. The molecule has 12 heteroatoms. The summed E-state index contributed by atoms with van der Waals surface area (Å²) in [5.41, 5.74) is -0.152. The van der Waals surface area contributed by atoms with E-state index in [1.54, 1.807) is 24.5 Å². The number of pyridine rings is 1. The topological polar surface area (TPSA) is 127 Å². The van der Waals surface area contributed by atoms with Gasteiger partial charge in [-0.1, -0.05) is 11.6 Å². The third-order valence-corrected chi connectivity index (χ3v) is 8.29. The van der Waals surface area contributed by atoms with Crippen molar-refractivity contribution in [3.8, 4) is 11.8 Å². The molecule has 184 valence electrons. The van der Waals surface area contributed by atoms with Crippen molar-refractivity contribution in [2.24, 2.45) is 0 Å². The summed E-state index contributed by atoms with van der Waals surface area (Å²) in [7, 11) is -3.97. The van der Waals surface area contributed by atoms with Crippen LogP contribution in [-0.2, 0) is 20.4 Å². The number of allylic oxidation sites excluding steroid dienone is 2. The van der Waals surface area contributed by atoms with Gasteiger partial charge in [-0.05, 0) is 67.3 Å². The predicted octanol–water partition coefficient (Wildman–Crippen LogP) is 4.86. The number of nitriles is 1. The average Bonchev–Trinajstić information content (AvgIpc) is 3.36. The second-order valence-corrected chi connectivity index (χ2v) is 11.2. The van der Waals surface area contributed by atoms with E-state index in [9.17, 15) is 13.7 Å². The van der Waals surface area contributed by atoms with Gasteiger partial charge in [-0.15, -0.1) is 0 Å². The van der Waals surface area contributed by atoms with Crippen LogP contribution >= 0.6 is 23.1 Å². The number of sulfonamides is 1. The molecule has 1 N–H and O–H groups in total. The van der Waals surface area contributed by atoms with Crippen molar-refractivity contribution in [2.75, 3.05) is 4.72 Å². The van der Waals surface area contributed by atoms with Crippen molar-refractivity contribution < 1.29 is 17.9 Å². The summed E-state index contributed by atoms with van der Waals surface area (Å²) in [6.45, 7) is 0. The Hall–Kier alpha value is -3.30. The van der Waals surface area contributed by atoms with Crippen molar-refractivity contribution in [3.05, 3.63) is 83.1 Å². The molecule has 0 radical (unpaired) electrons. The first-order valence-corrected chi connectivity index (χ1v) is 13.7. The van der Waals surface area contributed by atoms with Crippen LogP contribution in [0.4, 0.5) is 5.13 Å². The van der Waals surface area contributed by atoms with Gasteiger partial charge < -0.3 is 9.47 Å². The lowest BCUT2D eigenvalue weighted by Crippen LogP contribution is -2.41. The van der Waals surface area contributed by atoms with Crippen LogP contribution in [0.25, 0.3) is 0 Å². The summed E-state index contributed by atoms with van der Waals surface area (Å²) in [4.78, 5) is 7.85. The standard InChI is InChI=1S/C24H20ClN5O4S2/c25-18-4-7-22(24(13-18,34-19-2-1-3-19)17-8-10-27-11-9-17)33-21-6-5-20(12-16(21)14-26)36(31,32)30-23-28-15-29-35-23/h4-12,15,19H,1-3,13H2,(H,28,29,30). The Bertz CT molecular complexity index is 1470. The third kappa shape index (κ3) is 4.85. The Kier molecular flexibility index (Phi) is 6.77. The van der Waals surface area contributed by atoms with Crippen LogP contribution in [0.2, 0.25) is 0 Å². The molecule has 2 heterocycles. The highest BCUT2D eigenvalue weighted by Gasteiger charge is 2.45. The number of hydrogen-bond acceptors (Lipinski definition) is 9. The first kappa shape index (κ1) is 24.4. The number of hydrogen-bond donors (Lipinski definition) is 1. The molecule has 0 spiro atoms. The third-order valence-electron chi connectivity index (χ3n) is 5.98. The fraction of sp³-hybridized carbons (Fsp3) is 0.250. The normalized spacial score (nSPS) is 20.0. The molecular formula is C24H20ClN5O4S2. The summed E-state index contributed by atoms with van der Waals surface area (Å²) >= 11 is 7.39. The highest BCUT2D eigenvalue weighted by Crippen LogP contribution is 2.47. The molecule has 5 rings (SSSR count). The molecule has 0 saturated heterocycles. The summed E-state index contributed by atoms with van der Waals surface area (Å²) in [5.74, 6) is 0.643. The van der Waals surface area contributed by atoms with Crippen molar-refractivity contribution in [1.29, 1.82) is 5.26 Å². The molecule has 1 fully saturated rings. The van der Waals surface area contributed by atoms with E-state index in [0.717, 1.165) is 36.4 Å². The average molecular weight is 542 g/mol. The second kappa shape index (κ2) is 9.99. The van der Waals surface area contributed by atoms with E-state index in [0.29, 0.717) is 17.2 Å². The molecule has 0 aliphatic heterocycles. The number of anilines is 1. The molecule has 1 atom stereocenters. The number of nitrogens with one attached hydrogen (secondary N) is 1. The van der Waals surface area contributed by atoms with Crippen LogP contribution in [-0.4, -0.2) is 28.9 Å². The van der Waals surface area contributed by atoms with Crippen LogP contribution in [0, 0.1) is 11.3 Å². The number of benzene rings is 1. The smallest absolute Gasteiger partial charge is 0.263 e. The molecule has 1 aromatic carbocycles. The van der Waals surface area contributed by atoms with Crippen molar-refractivity contribution in [3.63, 3.8) is 0 Å². The number of aromatic nitrogens is 3. The van der Waals surface area contributed by atoms with E-state index in [4.69, 9.17) is 21.1 Å². The lowest BCUT2D eigenvalue weighted by molar-refractivity contribution is -0.120. The number of nitrogens with zero attached hydrogens (tertiary/aromatic N) is 4. The maximum Gasteiger partial charge on any atom is 0.263 e. The fourth-order valence-electron chi connectivity index (χ4n) is 3.97. The maximum absolute atomic E-state index is 12.8. The molecule has 3 aromatic rings. The maximum atomic E-state index is 12.8. The Morgan fingerprint density at radius 2 is 2.00 bits per heavy atom. The van der Waals surface area contributed by atoms with Crippen LogP contribution < -0.4 is 9.46 Å². The van der Waals surface area contributed by atoms with Crippen LogP contribution in [0.1, 0.15) is 36.8 Å². The number of rotatable bonds is 8. The minimum atomic E-state index is -3.97. The van der Waals surface area contributed by atoms with Gasteiger partial charge in [0, 0.05) is 35.4 Å². The van der Waals surface area contributed by atoms with Gasteiger partial charge in [-0.2, -0.15) is 9.64 Å². The number of halogens is 1. The van der Waals surface area contributed by atoms with Gasteiger partial charge in [0.25, 0.3) is 10.0 Å². The molecule has 2 aliphatic carbocycles. The van der Waals surface area contributed by atoms with Gasteiger partial charge in [0.05, 0.1) is 16.6 Å². The van der Waals surface area contributed by atoms with E-state index in [2.05, 4.69) is 19.1 Å². The fourth-order valence-corrected chi connectivity index (χ4v) is 5.91. The Balaban J connectivity index is 1.51. The van der Waals surface area contributed by atoms with Gasteiger partial charge >= 0.3 is 0 Å². The zero-order chi connectivity index (χ0) is 25.2. The van der Waals surface area contributed by atoms with Gasteiger partial charge in [-0.25, -0.2) is 13.4 Å². The van der Waals surface area contributed by atoms with E-state index < -0.39 is 15.6 Å². The monoisotopic (exact) mass is 541 g/mol. The molecular weight excluding hydrogens is 522 g/mol. The minimum Gasteiger partial charge on any atom is -0.457 e. The summed E-state index contributed by atoms with van der Waals surface area (Å²) < 4.78 is 44.6. The van der Waals surface area contributed by atoms with Gasteiger partial charge in [0.15, 0.2) is 5.60 Å². The molecule has 36 heavy (non-hydrogen) atoms. The molecule has 9 nitrogen and oxygen atoms in total. The zero-order valence-electron chi connectivity index (χ0n) is 18.8. The molecule has 2 aromatic heterocycles. The highest BCUT2D eigenvalue weighted by molar-refractivity contribution is 7.93. The lowest BCUT2D eigenvalue weighted by atomic mass is 9.84.